The third-order valence-electron chi connectivity index (χ3n) is 3.56. The van der Waals surface area contributed by atoms with Crippen LogP contribution in [0.4, 0.5) is 0 Å². The molecular weight excluding hydrogens is 314 g/mol. The Kier molecular flexibility index (Phi) is 5.33. The number of carbonyl (C=O) groups is 1. The highest BCUT2D eigenvalue weighted by molar-refractivity contribution is 7.71. The van der Waals surface area contributed by atoms with Gasteiger partial charge in [-0.2, -0.15) is 0 Å². The zero-order chi connectivity index (χ0) is 17.0. The first-order valence-electron chi connectivity index (χ1n) is 7.33. The number of rotatable bonds is 6. The predicted octanol–water partition coefficient (Wildman–Crippen LogP) is 3.33. The number of nitrogens with one attached hydrogen (secondary N) is 2. The van der Waals surface area contributed by atoms with Crippen molar-refractivity contribution >= 4 is 18.1 Å². The molecule has 0 saturated heterocycles. The molecule has 0 spiro atoms. The quantitative estimate of drug-likeness (QED) is 0.792. The van der Waals surface area contributed by atoms with E-state index in [4.69, 9.17) is 21.4 Å². The Morgan fingerprint density at radius 1 is 1.43 bits per heavy atom. The van der Waals surface area contributed by atoms with Crippen molar-refractivity contribution in [3.8, 4) is 11.5 Å². The highest BCUT2D eigenvalue weighted by Crippen LogP contribution is 2.18. The molecule has 1 atom stereocenters. The molecule has 7 heteroatoms. The first-order valence-corrected chi connectivity index (χ1v) is 7.73. The molecule has 2 N–H and O–H groups in total. The molecule has 0 bridgehead atoms. The Morgan fingerprint density at radius 2 is 2.09 bits per heavy atom. The Bertz CT molecular complexity index is 719. The van der Waals surface area contributed by atoms with Gasteiger partial charge >= 0.3 is 0 Å². The lowest BCUT2D eigenvalue weighted by Gasteiger charge is -2.27. The molecule has 2 rings (SSSR count). The van der Waals surface area contributed by atoms with Crippen molar-refractivity contribution in [2.45, 2.75) is 38.8 Å². The van der Waals surface area contributed by atoms with Crippen molar-refractivity contribution in [1.82, 2.24) is 15.5 Å². The van der Waals surface area contributed by atoms with E-state index >= 15 is 0 Å². The lowest BCUT2D eigenvalue weighted by Crippen LogP contribution is -2.38. The number of H-pyrrole nitrogens is 1. The van der Waals surface area contributed by atoms with Crippen LogP contribution in [0.2, 0.25) is 0 Å². The summed E-state index contributed by atoms with van der Waals surface area (Å²) in [5, 5.41) is 9.48. The fourth-order valence-corrected chi connectivity index (χ4v) is 2.42. The van der Waals surface area contributed by atoms with Gasteiger partial charge in [-0.3, -0.25) is 4.79 Å². The highest BCUT2D eigenvalue weighted by atomic mass is 32.1. The standard InChI is InChI=1S/C16H21N3O3S/c1-10(9-16(2,3)21-4)17-13(20)11-5-7-12(8-6-11)14-18-19-15(23)22-14/h5-8,10H,9H2,1-4H3,(H,17,20)(H,19,23). The van der Waals surface area contributed by atoms with Gasteiger partial charge in [0.1, 0.15) is 0 Å². The number of methoxy groups -OCH3 is 1. The number of hydrogen-bond donors (Lipinski definition) is 2. The lowest BCUT2D eigenvalue weighted by atomic mass is 9.99. The van der Waals surface area contributed by atoms with Gasteiger partial charge in [0.2, 0.25) is 5.89 Å². The van der Waals surface area contributed by atoms with Gasteiger partial charge in [-0.25, -0.2) is 5.10 Å². The smallest absolute Gasteiger partial charge is 0.284 e. The van der Waals surface area contributed by atoms with Crippen molar-refractivity contribution in [1.29, 1.82) is 0 Å². The number of aromatic nitrogens is 2. The topological polar surface area (TPSA) is 80.1 Å². The summed E-state index contributed by atoms with van der Waals surface area (Å²) in [6, 6.07) is 7.00. The van der Waals surface area contributed by atoms with Gasteiger partial charge in [0.05, 0.1) is 5.60 Å². The summed E-state index contributed by atoms with van der Waals surface area (Å²) < 4.78 is 10.6. The van der Waals surface area contributed by atoms with Crippen molar-refractivity contribution < 1.29 is 13.9 Å². The molecule has 0 radical (unpaired) electrons. The summed E-state index contributed by atoms with van der Waals surface area (Å²) in [4.78, 5) is 12.5. The van der Waals surface area contributed by atoms with Crippen LogP contribution in [-0.4, -0.2) is 34.9 Å². The van der Waals surface area contributed by atoms with Gasteiger partial charge in [-0.15, -0.1) is 5.10 Å². The van der Waals surface area contributed by atoms with E-state index in [1.165, 1.54) is 0 Å². The third kappa shape index (κ3) is 4.74. The molecule has 6 nitrogen and oxygen atoms in total. The van der Waals surface area contributed by atoms with Crippen LogP contribution in [-0.2, 0) is 4.74 Å². The van der Waals surface area contributed by atoms with E-state index in [0.717, 1.165) is 12.0 Å². The fraction of sp³-hybridized carbons (Fsp3) is 0.438. The number of aromatic amines is 1. The minimum absolute atomic E-state index is 0.00115. The Morgan fingerprint density at radius 3 is 2.61 bits per heavy atom. The summed E-state index contributed by atoms with van der Waals surface area (Å²) in [7, 11) is 1.67. The van der Waals surface area contributed by atoms with E-state index in [1.807, 2.05) is 20.8 Å². The second-order valence-corrected chi connectivity index (χ2v) is 6.41. The van der Waals surface area contributed by atoms with E-state index in [2.05, 4.69) is 15.5 Å². The largest absolute Gasteiger partial charge is 0.409 e. The zero-order valence-corrected chi connectivity index (χ0v) is 14.5. The fourth-order valence-electron chi connectivity index (χ4n) is 2.30. The SMILES string of the molecule is COC(C)(C)CC(C)NC(=O)c1ccc(-c2n[nH]c(=S)o2)cc1. The van der Waals surface area contributed by atoms with Crippen molar-refractivity contribution in [2.75, 3.05) is 7.11 Å². The molecule has 1 amide bonds. The summed E-state index contributed by atoms with van der Waals surface area (Å²) in [6.45, 7) is 5.94. The molecule has 1 aromatic carbocycles. The van der Waals surface area contributed by atoms with Crippen LogP contribution >= 0.6 is 12.2 Å². The monoisotopic (exact) mass is 335 g/mol. The summed E-state index contributed by atoms with van der Waals surface area (Å²) in [5.74, 6) is 0.274. The van der Waals surface area contributed by atoms with Crippen LogP contribution in [0.15, 0.2) is 28.7 Å². The number of amides is 1. The normalized spacial score (nSPS) is 12.9. The lowest BCUT2D eigenvalue weighted by molar-refractivity contribution is 0.00885. The van der Waals surface area contributed by atoms with Crippen molar-refractivity contribution in [3.63, 3.8) is 0 Å². The number of carbonyl (C=O) groups excluding carboxylic acids is 1. The molecule has 23 heavy (non-hydrogen) atoms. The molecule has 1 aromatic heterocycles. The van der Waals surface area contributed by atoms with Crippen LogP contribution in [0.1, 0.15) is 37.6 Å². The molecular formula is C16H21N3O3S. The molecule has 0 fully saturated rings. The first-order chi connectivity index (χ1) is 10.8. The summed E-state index contributed by atoms with van der Waals surface area (Å²) in [5.41, 5.74) is 1.05. The maximum absolute atomic E-state index is 12.3. The van der Waals surface area contributed by atoms with Gasteiger partial charge < -0.3 is 14.5 Å². The van der Waals surface area contributed by atoms with Crippen LogP contribution in [0.3, 0.4) is 0 Å². The number of ether oxygens (including phenoxy) is 1. The zero-order valence-electron chi connectivity index (χ0n) is 13.7. The van der Waals surface area contributed by atoms with Crippen LogP contribution in [0, 0.1) is 4.84 Å². The van der Waals surface area contributed by atoms with Crippen LogP contribution in [0.5, 0.6) is 0 Å². The molecule has 0 aliphatic rings. The Labute approximate surface area is 140 Å². The van der Waals surface area contributed by atoms with E-state index < -0.39 is 0 Å². The molecule has 1 heterocycles. The van der Waals surface area contributed by atoms with Gasteiger partial charge in [-0.1, -0.05) is 0 Å². The number of nitrogens with zero attached hydrogens (tertiary/aromatic N) is 1. The van der Waals surface area contributed by atoms with Gasteiger partial charge in [0.25, 0.3) is 10.7 Å². The molecule has 1 unspecified atom stereocenters. The molecule has 2 aromatic rings. The Balaban J connectivity index is 2.01. The van der Waals surface area contributed by atoms with Crippen LogP contribution < -0.4 is 5.32 Å². The van der Waals surface area contributed by atoms with Gasteiger partial charge in [-0.05, 0) is 63.7 Å². The average molecular weight is 335 g/mol. The minimum atomic E-state index is -0.278. The maximum Gasteiger partial charge on any atom is 0.284 e. The number of hydrogen-bond acceptors (Lipinski definition) is 5. The summed E-state index contributed by atoms with van der Waals surface area (Å²) >= 11 is 4.84. The first kappa shape index (κ1) is 17.4. The predicted molar refractivity (Wildman–Crippen MR) is 89.8 cm³/mol. The number of benzene rings is 1. The molecule has 0 aliphatic carbocycles. The van der Waals surface area contributed by atoms with E-state index in [-0.39, 0.29) is 22.4 Å². The van der Waals surface area contributed by atoms with Crippen molar-refractivity contribution in [2.24, 2.45) is 0 Å². The van der Waals surface area contributed by atoms with Gasteiger partial charge in [0.15, 0.2) is 0 Å². The summed E-state index contributed by atoms with van der Waals surface area (Å²) in [6.07, 6.45) is 0.723. The second kappa shape index (κ2) is 7.06. The Hall–Kier alpha value is -1.99. The van der Waals surface area contributed by atoms with Crippen LogP contribution in [0.25, 0.3) is 11.5 Å². The molecule has 124 valence electrons. The van der Waals surface area contributed by atoms with Crippen molar-refractivity contribution in [3.05, 3.63) is 34.7 Å². The minimum Gasteiger partial charge on any atom is -0.409 e. The molecule has 0 saturated carbocycles. The van der Waals surface area contributed by atoms with E-state index in [0.29, 0.717) is 11.5 Å². The average Bonchev–Trinajstić information content (AvgIpc) is 2.93. The van der Waals surface area contributed by atoms with E-state index in [9.17, 15) is 4.79 Å². The van der Waals surface area contributed by atoms with E-state index in [1.54, 1.807) is 31.4 Å². The molecule has 0 aliphatic heterocycles. The third-order valence-corrected chi connectivity index (χ3v) is 3.73. The highest BCUT2D eigenvalue weighted by Gasteiger charge is 2.21. The maximum atomic E-state index is 12.3. The second-order valence-electron chi connectivity index (χ2n) is 6.04. The van der Waals surface area contributed by atoms with Gasteiger partial charge in [0, 0.05) is 24.3 Å².